The number of fused-ring (bicyclic) bond motifs is 1. The molecule has 3 aromatic rings. The molecule has 0 saturated carbocycles. The fourth-order valence-corrected chi connectivity index (χ4v) is 4.17. The van der Waals surface area contributed by atoms with Gasteiger partial charge >= 0.3 is 12.2 Å². The van der Waals surface area contributed by atoms with Gasteiger partial charge in [0.1, 0.15) is 24.3 Å². The second-order valence-corrected chi connectivity index (χ2v) is 8.93. The first-order valence-corrected chi connectivity index (χ1v) is 11.5. The van der Waals surface area contributed by atoms with Crippen LogP contribution < -0.4 is 25.2 Å². The highest BCUT2D eigenvalue weighted by Gasteiger charge is 2.39. The molecule has 13 heteroatoms. The lowest BCUT2D eigenvalue weighted by molar-refractivity contribution is -0.137. The predicted molar refractivity (Wildman–Crippen MR) is 131 cm³/mol. The number of urea groups is 1. The Balaban J connectivity index is 1.45. The number of alkyl halides is 3. The topological polar surface area (TPSA) is 117 Å². The Hall–Kier alpha value is -4.68. The van der Waals surface area contributed by atoms with Crippen molar-refractivity contribution in [2.24, 2.45) is 0 Å². The quantitative estimate of drug-likeness (QED) is 0.461. The van der Waals surface area contributed by atoms with E-state index in [1.54, 1.807) is 12.1 Å². The van der Waals surface area contributed by atoms with Crippen LogP contribution in [0, 0.1) is 0 Å². The van der Waals surface area contributed by atoms with Crippen LogP contribution in [0.1, 0.15) is 30.9 Å². The third-order valence-corrected chi connectivity index (χ3v) is 6.02. The molecule has 0 atom stereocenters. The molecule has 0 bridgehead atoms. The molecule has 196 valence electrons. The molecule has 4 amide bonds. The number of imide groups is 1. The molecule has 2 aliphatic heterocycles. The number of nitrogens with zero attached hydrogens (tertiary/aromatic N) is 4. The molecular weight excluding hydrogens is 505 g/mol. The molecule has 5 rings (SSSR count). The molecule has 10 nitrogen and oxygen atoms in total. The molecule has 38 heavy (non-hydrogen) atoms. The summed E-state index contributed by atoms with van der Waals surface area (Å²) in [4.78, 5) is 48.0. The number of rotatable bonds is 5. The number of hydrogen-bond acceptors (Lipinski definition) is 7. The minimum atomic E-state index is -4.59. The van der Waals surface area contributed by atoms with Crippen molar-refractivity contribution in [3.8, 4) is 11.6 Å². The van der Waals surface area contributed by atoms with Gasteiger partial charge in [-0.05, 0) is 47.9 Å². The first kappa shape index (κ1) is 25.0. The summed E-state index contributed by atoms with van der Waals surface area (Å²) in [6.45, 7) is 3.42. The van der Waals surface area contributed by atoms with E-state index in [1.807, 2.05) is 13.8 Å². The van der Waals surface area contributed by atoms with Crippen molar-refractivity contribution in [3.63, 3.8) is 0 Å². The smallest absolute Gasteiger partial charge is 0.416 e. The van der Waals surface area contributed by atoms with E-state index >= 15 is 0 Å². The maximum absolute atomic E-state index is 13.2. The van der Waals surface area contributed by atoms with Gasteiger partial charge in [-0.25, -0.2) is 14.7 Å². The molecule has 2 aliphatic rings. The lowest BCUT2D eigenvalue weighted by Gasteiger charge is -2.22. The Labute approximate surface area is 214 Å². The van der Waals surface area contributed by atoms with Crippen molar-refractivity contribution >= 4 is 40.7 Å². The first-order chi connectivity index (χ1) is 18.0. The standard InChI is InChI=1S/C25H21F3N6O4/c1-13(2)17-9-16(6-7-18(17)38-23-21-22(30-12-31-23)29-10-19(35)32-21)34-20(36)11-33(24(34)37)15-5-3-4-14(8-15)25(26,27)28/h3-9,12-13H,10-11H2,1-2H3,(H,32,35)(H,29,30,31). The molecule has 1 fully saturated rings. The summed E-state index contributed by atoms with van der Waals surface area (Å²) >= 11 is 0. The lowest BCUT2D eigenvalue weighted by atomic mass is 10.0. The van der Waals surface area contributed by atoms with Crippen molar-refractivity contribution < 1.29 is 32.3 Å². The molecule has 0 aliphatic carbocycles. The van der Waals surface area contributed by atoms with Crippen LogP contribution in [-0.2, 0) is 15.8 Å². The first-order valence-electron chi connectivity index (χ1n) is 11.5. The monoisotopic (exact) mass is 526 g/mol. The van der Waals surface area contributed by atoms with E-state index in [2.05, 4.69) is 20.6 Å². The van der Waals surface area contributed by atoms with Gasteiger partial charge in [0.05, 0.1) is 17.8 Å². The van der Waals surface area contributed by atoms with Gasteiger partial charge in [0.25, 0.3) is 5.91 Å². The molecule has 0 radical (unpaired) electrons. The summed E-state index contributed by atoms with van der Waals surface area (Å²) in [5.41, 5.74) is 0.196. The lowest BCUT2D eigenvalue weighted by Crippen LogP contribution is -2.33. The largest absolute Gasteiger partial charge is 0.437 e. The molecular formula is C25H21F3N6O4. The van der Waals surface area contributed by atoms with Crippen molar-refractivity contribution in [3.05, 3.63) is 59.9 Å². The van der Waals surface area contributed by atoms with Crippen molar-refractivity contribution in [2.75, 3.05) is 33.5 Å². The highest BCUT2D eigenvalue weighted by molar-refractivity contribution is 6.27. The number of ether oxygens (including phenoxy) is 1. The van der Waals surface area contributed by atoms with E-state index in [1.165, 1.54) is 24.5 Å². The van der Waals surface area contributed by atoms with Crippen LogP contribution in [-0.4, -0.2) is 40.9 Å². The Morgan fingerprint density at radius 2 is 1.82 bits per heavy atom. The molecule has 1 aromatic heterocycles. The van der Waals surface area contributed by atoms with E-state index < -0.39 is 30.2 Å². The van der Waals surface area contributed by atoms with Crippen LogP contribution >= 0.6 is 0 Å². The molecule has 1 saturated heterocycles. The third-order valence-electron chi connectivity index (χ3n) is 6.02. The predicted octanol–water partition coefficient (Wildman–Crippen LogP) is 4.75. The highest BCUT2D eigenvalue weighted by Crippen LogP contribution is 2.39. The van der Waals surface area contributed by atoms with Gasteiger partial charge < -0.3 is 15.4 Å². The summed E-state index contributed by atoms with van der Waals surface area (Å²) in [6.07, 6.45) is -3.31. The average molecular weight is 526 g/mol. The summed E-state index contributed by atoms with van der Waals surface area (Å²) in [5, 5.41) is 5.54. The Morgan fingerprint density at radius 1 is 1.03 bits per heavy atom. The van der Waals surface area contributed by atoms with E-state index in [0.29, 0.717) is 17.1 Å². The normalized spacial score (nSPS) is 15.5. The van der Waals surface area contributed by atoms with Gasteiger partial charge in [-0.1, -0.05) is 19.9 Å². The summed E-state index contributed by atoms with van der Waals surface area (Å²) in [7, 11) is 0. The van der Waals surface area contributed by atoms with Crippen LogP contribution in [0.5, 0.6) is 11.6 Å². The summed E-state index contributed by atoms with van der Waals surface area (Å²) < 4.78 is 45.5. The Bertz CT molecular complexity index is 1460. The molecule has 2 N–H and O–H groups in total. The van der Waals surface area contributed by atoms with Gasteiger partial charge in [0.15, 0.2) is 5.82 Å². The van der Waals surface area contributed by atoms with E-state index in [9.17, 15) is 27.6 Å². The van der Waals surface area contributed by atoms with Gasteiger partial charge in [0.2, 0.25) is 11.8 Å². The van der Waals surface area contributed by atoms with Crippen LogP contribution in [0.25, 0.3) is 0 Å². The van der Waals surface area contributed by atoms with Crippen molar-refractivity contribution in [1.29, 1.82) is 0 Å². The van der Waals surface area contributed by atoms with E-state index in [0.717, 1.165) is 21.9 Å². The Morgan fingerprint density at radius 3 is 2.55 bits per heavy atom. The van der Waals surface area contributed by atoms with E-state index in [-0.39, 0.29) is 41.3 Å². The van der Waals surface area contributed by atoms with Crippen LogP contribution in [0.2, 0.25) is 0 Å². The van der Waals surface area contributed by atoms with Gasteiger partial charge in [-0.2, -0.15) is 18.2 Å². The zero-order chi connectivity index (χ0) is 27.2. The number of carbonyl (C=O) groups excluding carboxylic acids is 3. The maximum Gasteiger partial charge on any atom is 0.416 e. The van der Waals surface area contributed by atoms with E-state index in [4.69, 9.17) is 4.74 Å². The fraction of sp³-hybridized carbons (Fsp3) is 0.240. The summed E-state index contributed by atoms with van der Waals surface area (Å²) in [5.74, 6) is -0.113. The Kier molecular flexibility index (Phi) is 6.13. The van der Waals surface area contributed by atoms with Crippen LogP contribution in [0.4, 0.5) is 40.8 Å². The number of amides is 4. The number of nitrogens with one attached hydrogen (secondary N) is 2. The number of benzene rings is 2. The number of aromatic nitrogens is 2. The van der Waals surface area contributed by atoms with Gasteiger partial charge in [-0.3, -0.25) is 14.5 Å². The average Bonchev–Trinajstić information content (AvgIpc) is 3.17. The summed E-state index contributed by atoms with van der Waals surface area (Å²) in [6, 6.07) is 8.16. The van der Waals surface area contributed by atoms with Crippen LogP contribution in [0.3, 0.4) is 0 Å². The highest BCUT2D eigenvalue weighted by atomic mass is 19.4. The number of anilines is 4. The second kappa shape index (κ2) is 9.32. The zero-order valence-electron chi connectivity index (χ0n) is 20.2. The second-order valence-electron chi connectivity index (χ2n) is 8.93. The maximum atomic E-state index is 13.2. The van der Waals surface area contributed by atoms with Crippen molar-refractivity contribution in [2.45, 2.75) is 25.9 Å². The third kappa shape index (κ3) is 4.58. The molecule has 2 aromatic carbocycles. The fourth-order valence-electron chi connectivity index (χ4n) is 4.17. The molecule has 3 heterocycles. The van der Waals surface area contributed by atoms with Crippen LogP contribution in [0.15, 0.2) is 48.8 Å². The SMILES string of the molecule is CC(C)c1cc(N2C(=O)CN(c3cccc(C(F)(F)F)c3)C2=O)ccc1Oc1ncnc2c1NC(=O)CN2. The minimum absolute atomic E-state index is 0.0334. The molecule has 0 unspecified atom stereocenters. The van der Waals surface area contributed by atoms with Crippen molar-refractivity contribution in [1.82, 2.24) is 9.97 Å². The van der Waals surface area contributed by atoms with Gasteiger partial charge in [0, 0.05) is 5.69 Å². The number of halogens is 3. The van der Waals surface area contributed by atoms with Gasteiger partial charge in [-0.15, -0.1) is 0 Å². The minimum Gasteiger partial charge on any atom is -0.437 e. The number of hydrogen-bond donors (Lipinski definition) is 2. The number of carbonyl (C=O) groups is 3. The molecule has 0 spiro atoms. The zero-order valence-corrected chi connectivity index (χ0v) is 20.2.